The smallest absolute Gasteiger partial charge is 0.300 e. The molecule has 2 aromatic rings. The lowest BCUT2D eigenvalue weighted by Crippen LogP contribution is -2.51. The zero-order valence-corrected chi connectivity index (χ0v) is 22.5. The first-order valence-electron chi connectivity index (χ1n) is 10.8. The number of carbonyl (C=O) groups is 2. The van der Waals surface area contributed by atoms with Crippen molar-refractivity contribution in [1.82, 2.24) is 4.90 Å². The monoisotopic (exact) mass is 529 g/mol. The molecule has 3 rings (SSSR count). The van der Waals surface area contributed by atoms with E-state index in [1.54, 1.807) is 0 Å². The van der Waals surface area contributed by atoms with E-state index in [9.17, 15) is 9.00 Å². The van der Waals surface area contributed by atoms with Crippen LogP contribution < -0.4 is 0 Å². The topological polar surface area (TPSA) is 83.9 Å². The summed E-state index contributed by atoms with van der Waals surface area (Å²) in [6.45, 7) is 9.42. The number of carbonyl (C=O) groups excluding carboxylic acids is 1. The van der Waals surface area contributed by atoms with Crippen molar-refractivity contribution in [3.8, 4) is 0 Å². The molecule has 1 aliphatic rings. The summed E-state index contributed by atoms with van der Waals surface area (Å²) in [7, 11) is -1.01. The average Bonchev–Trinajstić information content (AvgIpc) is 2.74. The summed E-state index contributed by atoms with van der Waals surface area (Å²) in [5.41, 5.74) is 0.982. The second kappa shape index (κ2) is 14.5. The number of morpholine rings is 1. The van der Waals surface area contributed by atoms with E-state index in [1.807, 2.05) is 87.2 Å². The average molecular weight is 531 g/mol. The maximum Gasteiger partial charge on any atom is 0.300 e. The molecule has 0 saturated carbocycles. The standard InChI is InChI=1S/C17H24ClNO3S.C6H5Cl.C2H4O2/c1-12(11-23(21)17(2,3)4)19-15(9-22-10-16(19)20)13-5-7-14(18)8-6-13;7-6-4-2-1-3-5-6;1-2(3)4/h5-8,12,15H,9-11H2,1-4H3;1-5H;1H3,(H,3,4). The van der Waals surface area contributed by atoms with Crippen molar-refractivity contribution in [1.29, 1.82) is 0 Å². The number of amides is 1. The van der Waals surface area contributed by atoms with Gasteiger partial charge in [-0.1, -0.05) is 53.5 Å². The van der Waals surface area contributed by atoms with Crippen molar-refractivity contribution in [3.63, 3.8) is 0 Å². The second-order valence-corrected chi connectivity index (χ2v) is 11.8. The summed E-state index contributed by atoms with van der Waals surface area (Å²) < 4.78 is 17.6. The van der Waals surface area contributed by atoms with Gasteiger partial charge in [-0.25, -0.2) is 0 Å². The van der Waals surface area contributed by atoms with Crippen molar-refractivity contribution in [2.24, 2.45) is 0 Å². The fourth-order valence-electron chi connectivity index (χ4n) is 3.05. The number of hydrogen-bond acceptors (Lipinski definition) is 4. The van der Waals surface area contributed by atoms with Crippen LogP contribution in [0, 0.1) is 0 Å². The number of aliphatic carboxylic acids is 1. The molecule has 0 spiro atoms. The lowest BCUT2D eigenvalue weighted by molar-refractivity contribution is -0.151. The van der Waals surface area contributed by atoms with Gasteiger partial charge in [-0.2, -0.15) is 0 Å². The van der Waals surface area contributed by atoms with Crippen LogP contribution in [0.1, 0.15) is 46.2 Å². The quantitative estimate of drug-likeness (QED) is 0.556. The number of hydrogen-bond donors (Lipinski definition) is 1. The first-order valence-corrected chi connectivity index (χ1v) is 12.8. The maximum atomic E-state index is 12.4. The number of carboxylic acid groups (broad SMARTS) is 1. The number of rotatable bonds is 4. The first kappa shape index (κ1) is 30.1. The summed E-state index contributed by atoms with van der Waals surface area (Å²) in [5.74, 6) is -0.436. The Morgan fingerprint density at radius 2 is 1.62 bits per heavy atom. The predicted octanol–water partition coefficient (Wildman–Crippen LogP) is 5.61. The minimum absolute atomic E-state index is 0.0605. The highest BCUT2D eigenvalue weighted by Crippen LogP contribution is 2.29. The number of carboxylic acids is 1. The molecule has 0 aliphatic carbocycles. The molecule has 34 heavy (non-hydrogen) atoms. The summed E-state index contributed by atoms with van der Waals surface area (Å²) in [6, 6.07) is 16.6. The fourth-order valence-corrected chi connectivity index (χ4v) is 4.42. The molecule has 0 aromatic heterocycles. The maximum absolute atomic E-state index is 12.4. The van der Waals surface area contributed by atoms with Gasteiger partial charge in [0.1, 0.15) is 6.61 Å². The Labute approximate surface area is 214 Å². The molecule has 0 radical (unpaired) electrons. The molecule has 0 bridgehead atoms. The third-order valence-corrected chi connectivity index (χ3v) is 7.32. The number of halogens is 2. The minimum Gasteiger partial charge on any atom is -0.481 e. The van der Waals surface area contributed by atoms with Gasteiger partial charge in [0.05, 0.1) is 12.6 Å². The van der Waals surface area contributed by atoms with Crippen LogP contribution in [0.2, 0.25) is 10.0 Å². The van der Waals surface area contributed by atoms with Crippen LogP contribution in [0.15, 0.2) is 54.6 Å². The molecule has 1 amide bonds. The van der Waals surface area contributed by atoms with E-state index >= 15 is 0 Å². The highest BCUT2D eigenvalue weighted by Gasteiger charge is 2.35. The molecule has 1 heterocycles. The Morgan fingerprint density at radius 1 is 1.12 bits per heavy atom. The molecular weight excluding hydrogens is 497 g/mol. The van der Waals surface area contributed by atoms with Crippen molar-refractivity contribution < 1.29 is 23.6 Å². The molecule has 6 nitrogen and oxygen atoms in total. The van der Waals surface area contributed by atoms with Crippen LogP contribution in [-0.4, -0.2) is 55.8 Å². The second-order valence-electron chi connectivity index (χ2n) is 8.67. The number of nitrogens with zero attached hydrogens (tertiary/aromatic N) is 1. The van der Waals surface area contributed by atoms with E-state index in [-0.39, 0.29) is 29.3 Å². The minimum atomic E-state index is -1.01. The van der Waals surface area contributed by atoms with Crippen molar-refractivity contribution >= 4 is 45.9 Å². The molecule has 1 N–H and O–H groups in total. The van der Waals surface area contributed by atoms with Crippen molar-refractivity contribution in [2.75, 3.05) is 19.0 Å². The molecular formula is C25H33Cl2NO5S. The molecule has 1 fully saturated rings. The Kier molecular flexibility index (Phi) is 12.8. The largest absolute Gasteiger partial charge is 0.481 e. The zero-order chi connectivity index (χ0) is 25.9. The molecule has 1 saturated heterocycles. The van der Waals surface area contributed by atoms with Crippen LogP contribution in [0.3, 0.4) is 0 Å². The van der Waals surface area contributed by atoms with Crippen LogP contribution >= 0.6 is 23.2 Å². The van der Waals surface area contributed by atoms with Gasteiger partial charge in [0.2, 0.25) is 5.91 Å². The highest BCUT2D eigenvalue weighted by molar-refractivity contribution is 7.86. The molecule has 188 valence electrons. The van der Waals surface area contributed by atoms with Crippen molar-refractivity contribution in [2.45, 2.75) is 51.4 Å². The van der Waals surface area contributed by atoms with Crippen LogP contribution in [0.25, 0.3) is 0 Å². The number of ether oxygens (including phenoxy) is 1. The summed E-state index contributed by atoms with van der Waals surface area (Å²) in [4.78, 5) is 23.2. The van der Waals surface area contributed by atoms with Gasteiger partial charge in [-0.05, 0) is 57.5 Å². The van der Waals surface area contributed by atoms with E-state index in [1.165, 1.54) is 0 Å². The van der Waals surface area contributed by atoms with Gasteiger partial charge in [0, 0.05) is 44.3 Å². The Morgan fingerprint density at radius 3 is 2.06 bits per heavy atom. The lowest BCUT2D eigenvalue weighted by atomic mass is 10.0. The SMILES string of the molecule is CC(=O)O.CC(CS(=O)C(C)(C)C)N1C(=O)COCC1c1ccc(Cl)cc1.Clc1ccccc1. The molecule has 2 aromatic carbocycles. The van der Waals surface area contributed by atoms with Gasteiger partial charge >= 0.3 is 0 Å². The van der Waals surface area contributed by atoms with E-state index in [4.69, 9.17) is 37.8 Å². The van der Waals surface area contributed by atoms with Crippen molar-refractivity contribution in [3.05, 3.63) is 70.2 Å². The van der Waals surface area contributed by atoms with E-state index in [0.29, 0.717) is 17.4 Å². The molecule has 3 unspecified atom stereocenters. The third kappa shape index (κ3) is 11.0. The van der Waals surface area contributed by atoms with Gasteiger partial charge < -0.3 is 14.7 Å². The van der Waals surface area contributed by atoms with Crippen LogP contribution in [0.4, 0.5) is 0 Å². The first-order chi connectivity index (χ1) is 15.8. The summed E-state index contributed by atoms with van der Waals surface area (Å²) >= 11 is 11.5. The van der Waals surface area contributed by atoms with Gasteiger partial charge in [-0.15, -0.1) is 0 Å². The predicted molar refractivity (Wildman–Crippen MR) is 139 cm³/mol. The number of benzene rings is 2. The third-order valence-electron chi connectivity index (χ3n) is 4.66. The molecule has 9 heteroatoms. The normalized spacial score (nSPS) is 17.4. The lowest BCUT2D eigenvalue weighted by Gasteiger charge is -2.40. The van der Waals surface area contributed by atoms with E-state index in [2.05, 4.69) is 0 Å². The van der Waals surface area contributed by atoms with E-state index < -0.39 is 16.8 Å². The van der Waals surface area contributed by atoms with Gasteiger partial charge in [0.25, 0.3) is 5.97 Å². The van der Waals surface area contributed by atoms with Gasteiger partial charge in [-0.3, -0.25) is 13.8 Å². The van der Waals surface area contributed by atoms with Gasteiger partial charge in [0.15, 0.2) is 0 Å². The Balaban J connectivity index is 0.000000432. The summed E-state index contributed by atoms with van der Waals surface area (Å²) in [6.07, 6.45) is 0. The fraction of sp³-hybridized carbons (Fsp3) is 0.440. The molecule has 1 aliphatic heterocycles. The Hall–Kier alpha value is -1.93. The van der Waals surface area contributed by atoms with Crippen LogP contribution in [-0.2, 0) is 25.1 Å². The van der Waals surface area contributed by atoms with E-state index in [0.717, 1.165) is 17.5 Å². The van der Waals surface area contributed by atoms with Crippen LogP contribution in [0.5, 0.6) is 0 Å². The summed E-state index contributed by atoms with van der Waals surface area (Å²) in [5, 5.41) is 8.87. The highest BCUT2D eigenvalue weighted by atomic mass is 35.5. The Bertz CT molecular complexity index is 929. The zero-order valence-electron chi connectivity index (χ0n) is 20.2. The molecule has 3 atom stereocenters.